The molecule has 56 heavy (non-hydrogen) atoms. The van der Waals surface area contributed by atoms with Gasteiger partial charge in [-0.05, 0) is 43.0 Å². The summed E-state index contributed by atoms with van der Waals surface area (Å²) in [6, 6.07) is 13.3. The van der Waals surface area contributed by atoms with Crippen molar-refractivity contribution in [2.75, 3.05) is 52.3 Å². The lowest BCUT2D eigenvalue weighted by atomic mass is 9.99. The minimum Gasteiger partial charge on any atom is -0.481 e. The van der Waals surface area contributed by atoms with Gasteiger partial charge in [0.1, 0.15) is 11.5 Å². The van der Waals surface area contributed by atoms with Gasteiger partial charge in [-0.3, -0.25) is 9.69 Å². The molecule has 2 aromatic carbocycles. The van der Waals surface area contributed by atoms with Crippen molar-refractivity contribution in [2.24, 2.45) is 7.05 Å². The number of alkyl halides is 3. The lowest BCUT2D eigenvalue weighted by molar-refractivity contribution is -0.141. The van der Waals surface area contributed by atoms with E-state index in [1.807, 2.05) is 23.1 Å². The Balaban J connectivity index is 1.10. The molecular weight excluding hydrogens is 772 g/mol. The van der Waals surface area contributed by atoms with Crippen LogP contribution in [0, 0.1) is 0 Å². The van der Waals surface area contributed by atoms with Gasteiger partial charge < -0.3 is 25.0 Å². The third-order valence-corrected chi connectivity index (χ3v) is 11.7. The second kappa shape index (κ2) is 14.5. The lowest BCUT2D eigenvalue weighted by Crippen LogP contribution is -2.46. The van der Waals surface area contributed by atoms with Gasteiger partial charge in [0.25, 0.3) is 5.56 Å². The number of amides is 2. The maximum absolute atomic E-state index is 13.9. The van der Waals surface area contributed by atoms with Gasteiger partial charge in [0.05, 0.1) is 52.3 Å². The summed E-state index contributed by atoms with van der Waals surface area (Å²) in [4.78, 5) is 38.8. The second-order valence-corrected chi connectivity index (χ2v) is 15.1. The topological polar surface area (TPSA) is 127 Å². The van der Waals surface area contributed by atoms with Gasteiger partial charge in [-0.15, -0.1) is 0 Å². The van der Waals surface area contributed by atoms with Crippen LogP contribution >= 0.6 is 23.2 Å². The van der Waals surface area contributed by atoms with E-state index in [2.05, 4.69) is 25.6 Å². The summed E-state index contributed by atoms with van der Waals surface area (Å²) < 4.78 is 53.7. The summed E-state index contributed by atoms with van der Waals surface area (Å²) >= 11 is 14.1. The number of halogens is 5. The van der Waals surface area contributed by atoms with E-state index < -0.39 is 17.4 Å². The number of benzene rings is 2. The van der Waals surface area contributed by atoms with Gasteiger partial charge in [-0.25, -0.2) is 19.4 Å². The van der Waals surface area contributed by atoms with E-state index in [1.54, 1.807) is 38.5 Å². The number of methoxy groups -OCH3 is 2. The van der Waals surface area contributed by atoms with Crippen LogP contribution in [0.25, 0.3) is 33.2 Å². The van der Waals surface area contributed by atoms with Crippen LogP contribution in [0.3, 0.4) is 0 Å². The maximum Gasteiger partial charge on any atom is 0.433 e. The summed E-state index contributed by atoms with van der Waals surface area (Å²) in [6.45, 7) is 3.20. The SMILES string of the molecule is COCCN1C[C@@]2(CCN([C@H]3CCc4cc(-c5cccc(-c6cccc(Nc7nc(C(F)(F)F)cc8cnn(C)c(=O)c78)c6Cl)c5Cl)nc(OC)c43)C2)NC1=O. The molecule has 2 atom stereocenters. The van der Waals surface area contributed by atoms with Gasteiger partial charge in [0.15, 0.2) is 0 Å². The molecule has 5 aromatic rings. The smallest absolute Gasteiger partial charge is 0.433 e. The van der Waals surface area contributed by atoms with E-state index in [0.717, 1.165) is 47.7 Å². The lowest BCUT2D eigenvalue weighted by Gasteiger charge is -2.28. The summed E-state index contributed by atoms with van der Waals surface area (Å²) in [5.41, 5.74) is 2.50. The van der Waals surface area contributed by atoms with Crippen LogP contribution in [0.1, 0.15) is 35.7 Å². The number of aryl methyl sites for hydroxylation is 2. The Kier molecular flexibility index (Phi) is 9.84. The molecule has 0 saturated carbocycles. The minimum absolute atomic E-state index is 0.0266. The molecule has 1 aliphatic carbocycles. The zero-order valence-corrected chi connectivity index (χ0v) is 32.1. The van der Waals surface area contributed by atoms with Crippen LogP contribution in [0.4, 0.5) is 29.5 Å². The van der Waals surface area contributed by atoms with E-state index in [9.17, 15) is 22.8 Å². The molecule has 3 aromatic heterocycles. The Labute approximate surface area is 329 Å². The Morgan fingerprint density at radius 2 is 1.77 bits per heavy atom. The van der Waals surface area contributed by atoms with Gasteiger partial charge in [0, 0.05) is 74.0 Å². The van der Waals surface area contributed by atoms with Gasteiger partial charge in [-0.1, -0.05) is 53.5 Å². The number of ether oxygens (including phenoxy) is 2. The molecular formula is C39H37Cl2F3N8O4. The second-order valence-electron chi connectivity index (χ2n) is 14.3. The quantitative estimate of drug-likeness (QED) is 0.159. The summed E-state index contributed by atoms with van der Waals surface area (Å²) in [7, 11) is 4.63. The van der Waals surface area contributed by atoms with E-state index in [4.69, 9.17) is 37.7 Å². The van der Waals surface area contributed by atoms with Crippen molar-refractivity contribution >= 4 is 51.5 Å². The van der Waals surface area contributed by atoms with Crippen molar-refractivity contribution in [2.45, 2.75) is 37.0 Å². The van der Waals surface area contributed by atoms with Crippen LogP contribution in [0.2, 0.25) is 10.0 Å². The molecule has 3 aliphatic rings. The van der Waals surface area contributed by atoms with Crippen LogP contribution in [0.5, 0.6) is 5.88 Å². The van der Waals surface area contributed by atoms with Crippen LogP contribution in [-0.2, 0) is 24.4 Å². The summed E-state index contributed by atoms with van der Waals surface area (Å²) in [6.07, 6.45) is -1.08. The number of carbonyl (C=O) groups is 1. The van der Waals surface area contributed by atoms with Gasteiger partial charge in [0.2, 0.25) is 5.88 Å². The molecule has 0 radical (unpaired) electrons. The van der Waals surface area contributed by atoms with E-state index in [1.165, 1.54) is 13.2 Å². The maximum atomic E-state index is 13.9. The first-order valence-corrected chi connectivity index (χ1v) is 18.7. The summed E-state index contributed by atoms with van der Waals surface area (Å²) in [5.74, 6) is 0.191. The van der Waals surface area contributed by atoms with Gasteiger partial charge >= 0.3 is 12.2 Å². The number of carbonyl (C=O) groups excluding carboxylic acids is 1. The summed E-state index contributed by atoms with van der Waals surface area (Å²) in [5, 5.41) is 10.4. The third kappa shape index (κ3) is 6.69. The number of hydrogen-bond donors (Lipinski definition) is 2. The average Bonchev–Trinajstić information content (AvgIpc) is 3.88. The number of urea groups is 1. The average molecular weight is 810 g/mol. The van der Waals surface area contributed by atoms with Crippen molar-refractivity contribution in [3.8, 4) is 28.3 Å². The monoisotopic (exact) mass is 808 g/mol. The molecule has 2 saturated heterocycles. The Bertz CT molecular complexity index is 2450. The Hall–Kier alpha value is -4.96. The fourth-order valence-electron chi connectivity index (χ4n) is 8.20. The zero-order valence-electron chi connectivity index (χ0n) is 30.6. The first kappa shape index (κ1) is 37.9. The highest BCUT2D eigenvalue weighted by Crippen LogP contribution is 2.47. The van der Waals surface area contributed by atoms with E-state index in [-0.39, 0.29) is 44.9 Å². The number of rotatable bonds is 9. The van der Waals surface area contributed by atoms with Gasteiger partial charge in [-0.2, -0.15) is 18.3 Å². The largest absolute Gasteiger partial charge is 0.481 e. The molecule has 2 aliphatic heterocycles. The molecule has 2 fully saturated rings. The molecule has 1 spiro atoms. The molecule has 5 heterocycles. The zero-order chi connectivity index (χ0) is 39.5. The molecule has 0 unspecified atom stereocenters. The minimum atomic E-state index is -4.78. The van der Waals surface area contributed by atoms with Crippen molar-refractivity contribution in [1.82, 2.24) is 34.9 Å². The van der Waals surface area contributed by atoms with Crippen molar-refractivity contribution in [3.63, 3.8) is 0 Å². The first-order chi connectivity index (χ1) is 26.8. The number of nitrogens with zero attached hydrogens (tertiary/aromatic N) is 6. The molecule has 2 N–H and O–H groups in total. The predicted octanol–water partition coefficient (Wildman–Crippen LogP) is 7.24. The molecule has 8 rings (SSSR count). The molecule has 12 nitrogen and oxygen atoms in total. The van der Waals surface area contributed by atoms with Crippen molar-refractivity contribution < 1.29 is 27.4 Å². The van der Waals surface area contributed by atoms with Crippen LogP contribution in [-0.4, -0.2) is 88.1 Å². The number of hydrogen-bond acceptors (Lipinski definition) is 9. The first-order valence-electron chi connectivity index (χ1n) is 18.0. The van der Waals surface area contributed by atoms with E-state index in [0.29, 0.717) is 59.5 Å². The number of fused-ring (bicyclic) bond motifs is 2. The third-order valence-electron chi connectivity index (χ3n) is 10.9. The highest BCUT2D eigenvalue weighted by Gasteiger charge is 2.49. The van der Waals surface area contributed by atoms with E-state index >= 15 is 0 Å². The Morgan fingerprint density at radius 1 is 1.02 bits per heavy atom. The highest BCUT2D eigenvalue weighted by atomic mass is 35.5. The van der Waals surface area contributed by atoms with Crippen molar-refractivity contribution in [1.29, 1.82) is 0 Å². The molecule has 292 valence electrons. The number of pyridine rings is 2. The Morgan fingerprint density at radius 3 is 2.52 bits per heavy atom. The fourth-order valence-corrected chi connectivity index (χ4v) is 8.80. The molecule has 2 amide bonds. The van der Waals surface area contributed by atoms with Crippen LogP contribution in [0.15, 0.2) is 59.5 Å². The highest BCUT2D eigenvalue weighted by molar-refractivity contribution is 6.39. The number of nitrogens with one attached hydrogen (secondary N) is 2. The van der Waals surface area contributed by atoms with Crippen molar-refractivity contribution in [3.05, 3.63) is 91.9 Å². The molecule has 0 bridgehead atoms. The molecule has 17 heteroatoms. The number of aromatic nitrogens is 4. The predicted molar refractivity (Wildman–Crippen MR) is 207 cm³/mol. The number of likely N-dealkylation sites (tertiary alicyclic amines) is 1. The fraction of sp³-hybridized carbons (Fsp3) is 0.359. The number of anilines is 2. The normalized spacial score (nSPS) is 19.6. The standard InChI is InChI=1S/C39H37Cl2F3N8O4/c1-50-36(53)31-22(18-45-50)17-29(39(42,43)44)48-34(31)46-26-9-5-7-24(33(26)41)23-6-4-8-25(32(23)40)27-16-21-10-11-28(30(21)35(47-27)56-3)51-13-12-38(19-51)20-52(14-15-55-2)37(54)49-38/h4-9,16-18,28H,10-15,19-20H2,1-3H3,(H,46,48)(H,49,54)/t28-,38-/m0/s1. The van der Waals surface area contributed by atoms with Crippen LogP contribution < -0.4 is 20.9 Å².